The topological polar surface area (TPSA) is 55.1 Å². The number of nitrogens with two attached hydrogens (primary N) is 1. The van der Waals surface area contributed by atoms with Crippen molar-refractivity contribution in [1.82, 2.24) is 5.32 Å². The highest BCUT2D eigenvalue weighted by Gasteiger charge is 2.06. The van der Waals surface area contributed by atoms with E-state index in [0.717, 1.165) is 16.9 Å². The van der Waals surface area contributed by atoms with Crippen molar-refractivity contribution < 1.29 is 4.79 Å². The molecule has 18 heavy (non-hydrogen) atoms. The van der Waals surface area contributed by atoms with Crippen LogP contribution in [0.2, 0.25) is 0 Å². The van der Waals surface area contributed by atoms with E-state index in [9.17, 15) is 4.79 Å². The lowest BCUT2D eigenvalue weighted by Gasteiger charge is -2.06. The van der Waals surface area contributed by atoms with Crippen LogP contribution >= 0.6 is 11.8 Å². The first kappa shape index (κ1) is 14.6. The lowest BCUT2D eigenvalue weighted by Crippen LogP contribution is -2.25. The Morgan fingerprint density at radius 3 is 2.94 bits per heavy atom. The molecule has 1 rings (SSSR count). The number of thioether (sulfide) groups is 1. The molecule has 0 aromatic heterocycles. The average molecular weight is 262 g/mol. The number of aryl methyl sites for hydroxylation is 1. The van der Waals surface area contributed by atoms with Gasteiger partial charge in [0.2, 0.25) is 0 Å². The van der Waals surface area contributed by atoms with E-state index in [1.54, 1.807) is 11.8 Å². The third-order valence-electron chi connectivity index (χ3n) is 2.42. The second-order valence-corrected chi connectivity index (χ2v) is 4.77. The number of rotatable bonds is 4. The number of amides is 1. The summed E-state index contributed by atoms with van der Waals surface area (Å²) in [5, 5.41) is 2.87. The lowest BCUT2D eigenvalue weighted by atomic mass is 10.0. The molecule has 0 heterocycles. The van der Waals surface area contributed by atoms with Gasteiger partial charge in [-0.2, -0.15) is 11.8 Å². The minimum Gasteiger partial charge on any atom is -0.351 e. The number of carbonyl (C=O) groups excluding carboxylic acids is 1. The second kappa shape index (κ2) is 7.80. The van der Waals surface area contributed by atoms with Gasteiger partial charge in [-0.3, -0.25) is 4.79 Å². The number of nitrogens with one attached hydrogen (secondary N) is 1. The highest BCUT2D eigenvalue weighted by atomic mass is 32.2. The highest BCUT2D eigenvalue weighted by molar-refractivity contribution is 7.98. The number of carbonyl (C=O) groups is 1. The number of benzene rings is 1. The summed E-state index contributed by atoms with van der Waals surface area (Å²) in [5.74, 6) is 6.64. The van der Waals surface area contributed by atoms with Gasteiger partial charge >= 0.3 is 0 Å². The standard InChI is InChI=1S/C14H18N2OS/c1-11-5-6-13(10-12(11)4-3-7-15)14(17)16-8-9-18-2/h5-6,10H,7-9,15H2,1-2H3,(H,16,17). The van der Waals surface area contributed by atoms with Crippen LogP contribution in [0.15, 0.2) is 18.2 Å². The third-order valence-corrected chi connectivity index (χ3v) is 3.03. The fraction of sp³-hybridized carbons (Fsp3) is 0.357. The molecule has 0 aliphatic carbocycles. The van der Waals surface area contributed by atoms with E-state index >= 15 is 0 Å². The molecule has 4 heteroatoms. The summed E-state index contributed by atoms with van der Waals surface area (Å²) in [5.41, 5.74) is 7.90. The lowest BCUT2D eigenvalue weighted by molar-refractivity contribution is 0.0956. The van der Waals surface area contributed by atoms with Crippen molar-refractivity contribution in [2.24, 2.45) is 5.73 Å². The van der Waals surface area contributed by atoms with Gasteiger partial charge in [0.25, 0.3) is 5.91 Å². The summed E-state index contributed by atoms with van der Waals surface area (Å²) in [6, 6.07) is 5.54. The molecule has 96 valence electrons. The fourth-order valence-corrected chi connectivity index (χ4v) is 1.72. The van der Waals surface area contributed by atoms with Gasteiger partial charge in [-0.1, -0.05) is 17.9 Å². The molecule has 0 saturated carbocycles. The van der Waals surface area contributed by atoms with E-state index < -0.39 is 0 Å². The van der Waals surface area contributed by atoms with E-state index in [2.05, 4.69) is 17.2 Å². The van der Waals surface area contributed by atoms with Crippen LogP contribution in [-0.4, -0.2) is 31.0 Å². The van der Waals surface area contributed by atoms with Crippen LogP contribution in [-0.2, 0) is 0 Å². The fourth-order valence-electron chi connectivity index (χ4n) is 1.41. The first-order valence-electron chi connectivity index (χ1n) is 5.75. The van der Waals surface area contributed by atoms with E-state index in [1.165, 1.54) is 0 Å². The van der Waals surface area contributed by atoms with Crippen LogP contribution in [0.1, 0.15) is 21.5 Å². The molecule has 0 bridgehead atoms. The molecular weight excluding hydrogens is 244 g/mol. The zero-order valence-corrected chi connectivity index (χ0v) is 11.6. The zero-order chi connectivity index (χ0) is 13.4. The van der Waals surface area contributed by atoms with Crippen molar-refractivity contribution >= 4 is 17.7 Å². The number of hydrogen-bond acceptors (Lipinski definition) is 3. The highest BCUT2D eigenvalue weighted by Crippen LogP contribution is 2.10. The van der Waals surface area contributed by atoms with Gasteiger partial charge in [-0.05, 0) is 30.9 Å². The first-order valence-corrected chi connectivity index (χ1v) is 7.15. The van der Waals surface area contributed by atoms with E-state index in [0.29, 0.717) is 18.7 Å². The van der Waals surface area contributed by atoms with Gasteiger partial charge < -0.3 is 11.1 Å². The minimum absolute atomic E-state index is 0.0557. The van der Waals surface area contributed by atoms with Crippen molar-refractivity contribution in [1.29, 1.82) is 0 Å². The molecule has 0 aliphatic rings. The van der Waals surface area contributed by atoms with Crippen LogP contribution in [0.4, 0.5) is 0 Å². The Morgan fingerprint density at radius 2 is 2.28 bits per heavy atom. The van der Waals surface area contributed by atoms with Crippen LogP contribution in [0.3, 0.4) is 0 Å². The zero-order valence-electron chi connectivity index (χ0n) is 10.7. The molecule has 0 atom stereocenters. The molecule has 0 fully saturated rings. The Bertz CT molecular complexity index is 474. The van der Waals surface area contributed by atoms with Gasteiger partial charge in [0.05, 0.1) is 6.54 Å². The molecule has 3 nitrogen and oxygen atoms in total. The Labute approximate surface area is 113 Å². The number of hydrogen-bond donors (Lipinski definition) is 2. The summed E-state index contributed by atoms with van der Waals surface area (Å²) in [6.07, 6.45) is 2.01. The average Bonchev–Trinajstić information content (AvgIpc) is 2.38. The maximum Gasteiger partial charge on any atom is 0.251 e. The monoisotopic (exact) mass is 262 g/mol. The molecule has 0 radical (unpaired) electrons. The Hall–Kier alpha value is -1.44. The maximum atomic E-state index is 11.9. The Kier molecular flexibility index (Phi) is 6.34. The molecule has 1 amide bonds. The quantitative estimate of drug-likeness (QED) is 0.637. The van der Waals surface area contributed by atoms with Gasteiger partial charge in [0.1, 0.15) is 0 Å². The van der Waals surface area contributed by atoms with Gasteiger partial charge in [0.15, 0.2) is 0 Å². The van der Waals surface area contributed by atoms with Crippen molar-refractivity contribution in [3.63, 3.8) is 0 Å². The molecule has 0 spiro atoms. The largest absolute Gasteiger partial charge is 0.351 e. The van der Waals surface area contributed by atoms with Crippen molar-refractivity contribution in [2.45, 2.75) is 6.92 Å². The third kappa shape index (κ3) is 4.44. The molecule has 0 aliphatic heterocycles. The predicted molar refractivity (Wildman–Crippen MR) is 77.8 cm³/mol. The SMILES string of the molecule is CSCCNC(=O)c1ccc(C)c(C#CCN)c1. The molecular formula is C14H18N2OS. The van der Waals surface area contributed by atoms with E-state index in [1.807, 2.05) is 31.4 Å². The van der Waals surface area contributed by atoms with Gasteiger partial charge in [0, 0.05) is 23.4 Å². The normalized spacial score (nSPS) is 9.50. The van der Waals surface area contributed by atoms with Gasteiger partial charge in [-0.25, -0.2) is 0 Å². The predicted octanol–water partition coefficient (Wildman–Crippen LogP) is 1.40. The van der Waals surface area contributed by atoms with Crippen LogP contribution in [0.25, 0.3) is 0 Å². The maximum absolute atomic E-state index is 11.9. The minimum atomic E-state index is -0.0557. The van der Waals surface area contributed by atoms with Crippen molar-refractivity contribution in [3.8, 4) is 11.8 Å². The summed E-state index contributed by atoms with van der Waals surface area (Å²) >= 11 is 1.70. The molecule has 0 saturated heterocycles. The van der Waals surface area contributed by atoms with E-state index in [4.69, 9.17) is 5.73 Å². The van der Waals surface area contributed by atoms with Gasteiger partial charge in [-0.15, -0.1) is 0 Å². The first-order chi connectivity index (χ1) is 8.69. The van der Waals surface area contributed by atoms with Crippen molar-refractivity contribution in [3.05, 3.63) is 34.9 Å². The molecule has 0 unspecified atom stereocenters. The van der Waals surface area contributed by atoms with Crippen LogP contribution in [0, 0.1) is 18.8 Å². The summed E-state index contributed by atoms with van der Waals surface area (Å²) in [6.45, 7) is 2.97. The van der Waals surface area contributed by atoms with Crippen molar-refractivity contribution in [2.75, 3.05) is 25.1 Å². The molecule has 3 N–H and O–H groups in total. The second-order valence-electron chi connectivity index (χ2n) is 3.78. The Morgan fingerprint density at radius 1 is 1.50 bits per heavy atom. The summed E-state index contributed by atoms with van der Waals surface area (Å²) in [4.78, 5) is 11.9. The summed E-state index contributed by atoms with van der Waals surface area (Å²) in [7, 11) is 0. The Balaban J connectivity index is 2.80. The molecule has 1 aromatic rings. The smallest absolute Gasteiger partial charge is 0.251 e. The molecule has 1 aromatic carbocycles. The van der Waals surface area contributed by atoms with Crippen LogP contribution in [0.5, 0.6) is 0 Å². The van der Waals surface area contributed by atoms with Crippen LogP contribution < -0.4 is 11.1 Å². The van der Waals surface area contributed by atoms with E-state index in [-0.39, 0.29) is 5.91 Å². The summed E-state index contributed by atoms with van der Waals surface area (Å²) < 4.78 is 0.